The molecule has 2 unspecified atom stereocenters. The van der Waals surface area contributed by atoms with Crippen LogP contribution >= 0.6 is 11.8 Å². The molecule has 1 aromatic heterocycles. The topological polar surface area (TPSA) is 217 Å². The number of aromatic nitrogens is 2. The lowest BCUT2D eigenvalue weighted by Crippen LogP contribution is -2.33. The van der Waals surface area contributed by atoms with Crippen molar-refractivity contribution in [3.63, 3.8) is 0 Å². The van der Waals surface area contributed by atoms with Gasteiger partial charge in [0.15, 0.2) is 12.2 Å². The Bertz CT molecular complexity index is 1560. The maximum absolute atomic E-state index is 13.0. The molecule has 2 rings (SSSR count). The standard InChI is InChI=1S/C32H44N4O11S2/c1-20-18-21(2)34-31(33-20)36-49(43,44)25-13-11-24(12-14-25)35-30(42)32(5,6)19-48-17-15-27(39)46-23(4)29(41)47-22(3)28(40)45-16-9-7-8-10-26(37)38/h11-14,18,22-23H,7-10,15-17,19H2,1-6H3,(H,35,42)(H,37,38)(H,33,34,36). The number of unbranched alkanes of at least 4 members (excludes halogenated alkanes) is 2. The quantitative estimate of drug-likeness (QED) is 0.0998. The molecule has 0 bridgehead atoms. The van der Waals surface area contributed by atoms with Gasteiger partial charge in [0.1, 0.15) is 0 Å². The smallest absolute Gasteiger partial charge is 0.347 e. The van der Waals surface area contributed by atoms with E-state index in [1.54, 1.807) is 33.8 Å². The van der Waals surface area contributed by atoms with Gasteiger partial charge in [-0.1, -0.05) is 13.8 Å². The predicted octanol–water partition coefficient (Wildman–Crippen LogP) is 4.03. The van der Waals surface area contributed by atoms with E-state index in [4.69, 9.17) is 19.3 Å². The van der Waals surface area contributed by atoms with Gasteiger partial charge in [0.05, 0.1) is 23.3 Å². The van der Waals surface area contributed by atoms with Gasteiger partial charge < -0.3 is 24.6 Å². The molecule has 2 aromatic rings. The molecule has 2 atom stereocenters. The van der Waals surface area contributed by atoms with Crippen molar-refractivity contribution >= 4 is 63.2 Å². The summed E-state index contributed by atoms with van der Waals surface area (Å²) in [7, 11) is -3.96. The molecule has 0 aliphatic carbocycles. The Kier molecular flexibility index (Phi) is 15.9. The lowest BCUT2D eigenvalue weighted by atomic mass is 9.95. The highest BCUT2D eigenvalue weighted by Gasteiger charge is 2.29. The number of nitrogens with one attached hydrogen (secondary N) is 2. The summed E-state index contributed by atoms with van der Waals surface area (Å²) in [5, 5.41) is 11.4. The Morgan fingerprint density at radius 2 is 1.51 bits per heavy atom. The molecule has 270 valence electrons. The first-order valence-corrected chi connectivity index (χ1v) is 18.2. The number of hydrogen-bond acceptors (Lipinski definition) is 13. The number of benzene rings is 1. The van der Waals surface area contributed by atoms with E-state index in [0.29, 0.717) is 47.8 Å². The van der Waals surface area contributed by atoms with Gasteiger partial charge in [-0.25, -0.2) is 32.7 Å². The number of aliphatic carboxylic acids is 1. The van der Waals surface area contributed by atoms with Gasteiger partial charge in [-0.05, 0) is 77.3 Å². The average Bonchev–Trinajstić information content (AvgIpc) is 3.00. The van der Waals surface area contributed by atoms with Crippen molar-refractivity contribution in [3.8, 4) is 0 Å². The Morgan fingerprint density at radius 3 is 2.12 bits per heavy atom. The van der Waals surface area contributed by atoms with Crippen LogP contribution in [0.15, 0.2) is 35.2 Å². The van der Waals surface area contributed by atoms with Crippen LogP contribution in [-0.4, -0.2) is 83.6 Å². The molecular weight excluding hydrogens is 681 g/mol. The summed E-state index contributed by atoms with van der Waals surface area (Å²) in [6, 6.07) is 7.37. The molecule has 0 aliphatic heterocycles. The summed E-state index contributed by atoms with van der Waals surface area (Å²) >= 11 is 1.33. The number of hydrogen-bond donors (Lipinski definition) is 3. The van der Waals surface area contributed by atoms with Crippen molar-refractivity contribution in [2.24, 2.45) is 5.41 Å². The number of carboxylic acid groups (broad SMARTS) is 1. The summed E-state index contributed by atoms with van der Waals surface area (Å²) in [5.74, 6) is -2.95. The molecule has 49 heavy (non-hydrogen) atoms. The largest absolute Gasteiger partial charge is 0.481 e. The molecule has 17 heteroatoms. The minimum atomic E-state index is -3.96. The van der Waals surface area contributed by atoms with Gasteiger partial charge in [0, 0.05) is 35.0 Å². The molecule has 0 aliphatic rings. The van der Waals surface area contributed by atoms with Crippen LogP contribution in [0.3, 0.4) is 0 Å². The molecule has 1 heterocycles. The van der Waals surface area contributed by atoms with Crippen molar-refractivity contribution in [1.29, 1.82) is 0 Å². The van der Waals surface area contributed by atoms with E-state index in [-0.39, 0.29) is 36.2 Å². The Morgan fingerprint density at radius 1 is 0.898 bits per heavy atom. The van der Waals surface area contributed by atoms with Gasteiger partial charge in [-0.3, -0.25) is 14.4 Å². The van der Waals surface area contributed by atoms with Crippen LogP contribution in [0.5, 0.6) is 0 Å². The first-order valence-electron chi connectivity index (χ1n) is 15.5. The second-order valence-corrected chi connectivity index (χ2v) is 14.6. The normalized spacial score (nSPS) is 12.7. The second-order valence-electron chi connectivity index (χ2n) is 11.8. The summed E-state index contributed by atoms with van der Waals surface area (Å²) in [6.07, 6.45) is -0.988. The van der Waals surface area contributed by atoms with Crippen LogP contribution in [-0.2, 0) is 48.2 Å². The number of ether oxygens (including phenoxy) is 3. The molecular formula is C32H44N4O11S2. The number of esters is 3. The number of aryl methyl sites for hydroxylation is 2. The van der Waals surface area contributed by atoms with Gasteiger partial charge in [-0.15, -0.1) is 0 Å². The highest BCUT2D eigenvalue weighted by Crippen LogP contribution is 2.25. The third-order valence-corrected chi connectivity index (χ3v) is 9.47. The minimum Gasteiger partial charge on any atom is -0.481 e. The summed E-state index contributed by atoms with van der Waals surface area (Å²) < 4.78 is 43.1. The summed E-state index contributed by atoms with van der Waals surface area (Å²) in [6.45, 7) is 9.62. The first kappa shape index (κ1) is 40.9. The third-order valence-electron chi connectivity index (χ3n) is 6.70. The molecule has 15 nitrogen and oxygen atoms in total. The Balaban J connectivity index is 1.72. The molecule has 0 fully saturated rings. The van der Waals surface area contributed by atoms with Crippen molar-refractivity contribution in [2.45, 2.75) is 90.7 Å². The van der Waals surface area contributed by atoms with Gasteiger partial charge >= 0.3 is 23.9 Å². The van der Waals surface area contributed by atoms with E-state index >= 15 is 0 Å². The monoisotopic (exact) mass is 724 g/mol. The zero-order chi connectivity index (χ0) is 36.8. The molecule has 3 N–H and O–H groups in total. The van der Waals surface area contributed by atoms with E-state index in [1.807, 2.05) is 0 Å². The van der Waals surface area contributed by atoms with Gasteiger partial charge in [0.2, 0.25) is 11.9 Å². The van der Waals surface area contributed by atoms with E-state index < -0.39 is 51.5 Å². The zero-order valence-corrected chi connectivity index (χ0v) is 30.1. The van der Waals surface area contributed by atoms with Crippen molar-refractivity contribution in [3.05, 3.63) is 41.7 Å². The minimum absolute atomic E-state index is 0.0343. The Hall–Kier alpha value is -4.25. The number of anilines is 2. The lowest BCUT2D eigenvalue weighted by molar-refractivity contribution is -0.176. The molecule has 0 saturated carbocycles. The van der Waals surface area contributed by atoms with E-state index in [1.165, 1.54) is 49.9 Å². The fraction of sp³-hybridized carbons (Fsp3) is 0.531. The molecule has 0 radical (unpaired) electrons. The maximum atomic E-state index is 13.0. The van der Waals surface area contributed by atoms with E-state index in [0.717, 1.165) is 0 Å². The fourth-order valence-electron chi connectivity index (χ4n) is 3.98. The van der Waals surface area contributed by atoms with Crippen LogP contribution in [0.1, 0.15) is 71.2 Å². The Labute approximate surface area is 290 Å². The summed E-state index contributed by atoms with van der Waals surface area (Å²) in [4.78, 5) is 68.2. The predicted molar refractivity (Wildman–Crippen MR) is 181 cm³/mol. The van der Waals surface area contributed by atoms with Crippen LogP contribution in [0, 0.1) is 19.3 Å². The van der Waals surface area contributed by atoms with Crippen LogP contribution < -0.4 is 10.0 Å². The van der Waals surface area contributed by atoms with E-state index in [2.05, 4.69) is 20.0 Å². The zero-order valence-electron chi connectivity index (χ0n) is 28.4. The summed E-state index contributed by atoms with van der Waals surface area (Å²) in [5.41, 5.74) is 0.765. The average molecular weight is 725 g/mol. The number of carbonyl (C=O) groups is 5. The van der Waals surface area contributed by atoms with Crippen LogP contribution in [0.2, 0.25) is 0 Å². The number of rotatable bonds is 20. The molecule has 1 aromatic carbocycles. The second kappa shape index (κ2) is 19.1. The van der Waals surface area contributed by atoms with Gasteiger partial charge in [0.25, 0.3) is 10.0 Å². The van der Waals surface area contributed by atoms with Crippen molar-refractivity contribution < 1.29 is 51.7 Å². The molecule has 1 amide bonds. The number of carbonyl (C=O) groups excluding carboxylic acids is 4. The molecule has 0 saturated heterocycles. The van der Waals surface area contributed by atoms with Crippen LogP contribution in [0.4, 0.5) is 11.6 Å². The van der Waals surface area contributed by atoms with E-state index in [9.17, 15) is 32.4 Å². The lowest BCUT2D eigenvalue weighted by Gasteiger charge is -2.23. The van der Waals surface area contributed by atoms with Crippen molar-refractivity contribution in [1.82, 2.24) is 9.97 Å². The molecule has 0 spiro atoms. The highest BCUT2D eigenvalue weighted by atomic mass is 32.2. The number of sulfonamides is 1. The van der Waals surface area contributed by atoms with Gasteiger partial charge in [-0.2, -0.15) is 11.8 Å². The number of thioether (sulfide) groups is 1. The number of carboxylic acids is 1. The fourth-order valence-corrected chi connectivity index (χ4v) is 6.02. The van der Waals surface area contributed by atoms with Crippen molar-refractivity contribution in [2.75, 3.05) is 28.2 Å². The maximum Gasteiger partial charge on any atom is 0.347 e. The number of amides is 1. The van der Waals surface area contributed by atoms with Crippen LogP contribution in [0.25, 0.3) is 0 Å². The SMILES string of the molecule is Cc1cc(C)nc(NS(=O)(=O)c2ccc(NC(=O)C(C)(C)CSCCC(=O)OC(C)C(=O)OC(C)C(=O)OCCCCCC(=O)O)cc2)n1. The third kappa shape index (κ3) is 14.8. The number of nitrogens with zero attached hydrogens (tertiary/aromatic N) is 2. The first-order chi connectivity index (χ1) is 22.9. The highest BCUT2D eigenvalue weighted by molar-refractivity contribution is 7.99.